The number of aryl methyl sites for hydroxylation is 1. The third-order valence-electron chi connectivity index (χ3n) is 2.40. The summed E-state index contributed by atoms with van der Waals surface area (Å²) < 4.78 is 13.6. The minimum atomic E-state index is -0.299. The summed E-state index contributed by atoms with van der Waals surface area (Å²) in [5.41, 5.74) is 2.53. The number of nitrogens with zero attached hydrogens (tertiary/aromatic N) is 1. The Bertz CT molecular complexity index is 585. The molecular weight excluding hydrogens is 215 g/mol. The number of anilines is 2. The Hall–Kier alpha value is -2.34. The zero-order valence-corrected chi connectivity index (χ0v) is 9.37. The monoisotopic (exact) mass is 226 g/mol. The minimum absolute atomic E-state index is 0.299. The molecule has 2 aromatic carbocycles. The van der Waals surface area contributed by atoms with E-state index in [1.165, 1.54) is 6.07 Å². The van der Waals surface area contributed by atoms with Crippen LogP contribution in [0.1, 0.15) is 11.1 Å². The molecule has 1 N–H and O–H groups in total. The first kappa shape index (κ1) is 11.2. The molecule has 2 rings (SSSR count). The van der Waals surface area contributed by atoms with E-state index in [4.69, 9.17) is 5.26 Å². The molecule has 0 saturated heterocycles. The van der Waals surface area contributed by atoms with Gasteiger partial charge < -0.3 is 5.32 Å². The van der Waals surface area contributed by atoms with E-state index in [0.717, 1.165) is 5.56 Å². The summed E-state index contributed by atoms with van der Waals surface area (Å²) in [5, 5.41) is 11.7. The Labute approximate surface area is 99.3 Å². The van der Waals surface area contributed by atoms with Crippen molar-refractivity contribution in [1.29, 1.82) is 5.26 Å². The van der Waals surface area contributed by atoms with Gasteiger partial charge >= 0.3 is 0 Å². The highest BCUT2D eigenvalue weighted by Crippen LogP contribution is 2.21. The molecule has 84 valence electrons. The van der Waals surface area contributed by atoms with Crippen LogP contribution < -0.4 is 5.32 Å². The maximum atomic E-state index is 13.6. The fraction of sp³-hybridized carbons (Fsp3) is 0.0714. The third kappa shape index (κ3) is 2.61. The van der Waals surface area contributed by atoms with Gasteiger partial charge in [0.2, 0.25) is 0 Å². The summed E-state index contributed by atoms with van der Waals surface area (Å²) in [6, 6.07) is 14.0. The van der Waals surface area contributed by atoms with Gasteiger partial charge in [0, 0.05) is 5.69 Å². The standard InChI is InChI=1S/C14H11FN2/c1-10-5-6-14(13(15)7-10)17-12-4-2-3-11(8-12)9-16/h2-8,17H,1H3. The topological polar surface area (TPSA) is 35.8 Å². The highest BCUT2D eigenvalue weighted by atomic mass is 19.1. The molecular formula is C14H11FN2. The van der Waals surface area contributed by atoms with Gasteiger partial charge in [-0.15, -0.1) is 0 Å². The lowest BCUT2D eigenvalue weighted by molar-refractivity contribution is 0.631. The fourth-order valence-corrected chi connectivity index (χ4v) is 1.54. The summed E-state index contributed by atoms with van der Waals surface area (Å²) >= 11 is 0. The molecule has 17 heavy (non-hydrogen) atoms. The molecule has 0 atom stereocenters. The first-order chi connectivity index (χ1) is 8.19. The maximum absolute atomic E-state index is 13.6. The van der Waals surface area contributed by atoms with Crippen LogP contribution >= 0.6 is 0 Å². The molecule has 2 nitrogen and oxygen atoms in total. The smallest absolute Gasteiger partial charge is 0.146 e. The van der Waals surface area contributed by atoms with Crippen LogP contribution in [0.3, 0.4) is 0 Å². The molecule has 3 heteroatoms. The Morgan fingerprint density at radius 2 is 2.00 bits per heavy atom. The van der Waals surface area contributed by atoms with Crippen LogP contribution in [0.5, 0.6) is 0 Å². The Morgan fingerprint density at radius 1 is 1.18 bits per heavy atom. The molecule has 0 fully saturated rings. The van der Waals surface area contributed by atoms with E-state index >= 15 is 0 Å². The number of hydrogen-bond donors (Lipinski definition) is 1. The SMILES string of the molecule is Cc1ccc(Nc2cccc(C#N)c2)c(F)c1. The van der Waals surface area contributed by atoms with Crippen molar-refractivity contribution in [1.82, 2.24) is 0 Å². The van der Waals surface area contributed by atoms with E-state index in [2.05, 4.69) is 5.32 Å². The molecule has 2 aromatic rings. The van der Waals surface area contributed by atoms with E-state index in [1.807, 2.05) is 19.1 Å². The number of halogens is 1. The Balaban J connectivity index is 2.28. The quantitative estimate of drug-likeness (QED) is 0.846. The summed E-state index contributed by atoms with van der Waals surface area (Å²) in [6.07, 6.45) is 0. The molecule has 0 spiro atoms. The summed E-state index contributed by atoms with van der Waals surface area (Å²) in [5.74, 6) is -0.299. The largest absolute Gasteiger partial charge is 0.353 e. The number of nitriles is 1. The zero-order chi connectivity index (χ0) is 12.3. The predicted octanol–water partition coefficient (Wildman–Crippen LogP) is 3.75. The van der Waals surface area contributed by atoms with Crippen molar-refractivity contribution in [3.63, 3.8) is 0 Å². The van der Waals surface area contributed by atoms with Gasteiger partial charge in [0.05, 0.1) is 17.3 Å². The summed E-state index contributed by atoms with van der Waals surface area (Å²) in [4.78, 5) is 0. The molecule has 0 saturated carbocycles. The second kappa shape index (κ2) is 4.67. The van der Waals surface area contributed by atoms with Crippen molar-refractivity contribution in [3.8, 4) is 6.07 Å². The van der Waals surface area contributed by atoms with Crippen molar-refractivity contribution in [2.75, 3.05) is 5.32 Å². The number of benzene rings is 2. The lowest BCUT2D eigenvalue weighted by Gasteiger charge is -2.08. The summed E-state index contributed by atoms with van der Waals surface area (Å²) in [6.45, 7) is 1.84. The maximum Gasteiger partial charge on any atom is 0.146 e. The molecule has 0 unspecified atom stereocenters. The lowest BCUT2D eigenvalue weighted by Crippen LogP contribution is -1.94. The third-order valence-corrected chi connectivity index (χ3v) is 2.40. The van der Waals surface area contributed by atoms with Crippen LogP contribution in [0.2, 0.25) is 0 Å². The van der Waals surface area contributed by atoms with Gasteiger partial charge in [-0.1, -0.05) is 12.1 Å². The van der Waals surface area contributed by atoms with Gasteiger partial charge in [0.15, 0.2) is 0 Å². The van der Waals surface area contributed by atoms with Gasteiger partial charge in [-0.25, -0.2) is 4.39 Å². The van der Waals surface area contributed by atoms with Crippen LogP contribution in [-0.4, -0.2) is 0 Å². The molecule has 0 aliphatic rings. The number of nitrogens with one attached hydrogen (secondary N) is 1. The molecule has 0 radical (unpaired) electrons. The van der Waals surface area contributed by atoms with Gasteiger partial charge in [-0.3, -0.25) is 0 Å². The summed E-state index contributed by atoms with van der Waals surface area (Å²) in [7, 11) is 0. The van der Waals surface area contributed by atoms with Crippen molar-refractivity contribution in [2.24, 2.45) is 0 Å². The second-order valence-corrected chi connectivity index (χ2v) is 3.80. The van der Waals surface area contributed by atoms with Crippen molar-refractivity contribution >= 4 is 11.4 Å². The number of hydrogen-bond acceptors (Lipinski definition) is 2. The normalized spacial score (nSPS) is 9.71. The molecule has 0 heterocycles. The Kier molecular flexibility index (Phi) is 3.06. The molecule has 0 aromatic heterocycles. The average Bonchev–Trinajstić information content (AvgIpc) is 2.33. The van der Waals surface area contributed by atoms with E-state index in [9.17, 15) is 4.39 Å². The molecule has 0 aliphatic carbocycles. The molecule has 0 aliphatic heterocycles. The highest BCUT2D eigenvalue weighted by Gasteiger charge is 2.02. The molecule has 0 amide bonds. The lowest BCUT2D eigenvalue weighted by atomic mass is 10.2. The van der Waals surface area contributed by atoms with Gasteiger partial charge in [0.25, 0.3) is 0 Å². The predicted molar refractivity (Wildman–Crippen MR) is 65.6 cm³/mol. The first-order valence-corrected chi connectivity index (χ1v) is 5.22. The fourth-order valence-electron chi connectivity index (χ4n) is 1.54. The minimum Gasteiger partial charge on any atom is -0.353 e. The van der Waals surface area contributed by atoms with E-state index in [-0.39, 0.29) is 5.82 Å². The number of rotatable bonds is 2. The van der Waals surface area contributed by atoms with Crippen LogP contribution in [0.25, 0.3) is 0 Å². The van der Waals surface area contributed by atoms with Crippen LogP contribution in [0.15, 0.2) is 42.5 Å². The van der Waals surface area contributed by atoms with Gasteiger partial charge in [0.1, 0.15) is 5.82 Å². The van der Waals surface area contributed by atoms with Crippen molar-refractivity contribution in [2.45, 2.75) is 6.92 Å². The first-order valence-electron chi connectivity index (χ1n) is 5.22. The average molecular weight is 226 g/mol. The Morgan fingerprint density at radius 3 is 2.71 bits per heavy atom. The highest BCUT2D eigenvalue weighted by molar-refractivity contribution is 5.62. The van der Waals surface area contributed by atoms with Gasteiger partial charge in [-0.2, -0.15) is 5.26 Å². The van der Waals surface area contributed by atoms with Gasteiger partial charge in [-0.05, 0) is 42.8 Å². The van der Waals surface area contributed by atoms with E-state index in [0.29, 0.717) is 16.9 Å². The van der Waals surface area contributed by atoms with Crippen molar-refractivity contribution in [3.05, 3.63) is 59.4 Å². The second-order valence-electron chi connectivity index (χ2n) is 3.80. The van der Waals surface area contributed by atoms with E-state index < -0.39 is 0 Å². The van der Waals surface area contributed by atoms with Crippen LogP contribution in [0.4, 0.5) is 15.8 Å². The van der Waals surface area contributed by atoms with E-state index in [1.54, 1.807) is 30.3 Å². The van der Waals surface area contributed by atoms with Crippen molar-refractivity contribution < 1.29 is 4.39 Å². The molecule has 0 bridgehead atoms. The van der Waals surface area contributed by atoms with Crippen LogP contribution in [0, 0.1) is 24.1 Å². The van der Waals surface area contributed by atoms with Crippen LogP contribution in [-0.2, 0) is 0 Å². The zero-order valence-electron chi connectivity index (χ0n) is 9.37.